The van der Waals surface area contributed by atoms with Gasteiger partial charge in [-0.1, -0.05) is 38.5 Å². The molecular weight excluding hydrogens is 202 g/mol. The molecule has 0 saturated heterocycles. The predicted molar refractivity (Wildman–Crippen MR) is 63.1 cm³/mol. The van der Waals surface area contributed by atoms with Crippen LogP contribution in [-0.4, -0.2) is 22.7 Å². The van der Waals surface area contributed by atoms with Crippen molar-refractivity contribution in [1.82, 2.24) is 5.32 Å². The van der Waals surface area contributed by atoms with Crippen molar-refractivity contribution in [2.24, 2.45) is 0 Å². The van der Waals surface area contributed by atoms with Gasteiger partial charge in [-0.15, -0.1) is 0 Å². The first-order chi connectivity index (χ1) is 7.71. The molecule has 2 fully saturated rings. The second-order valence-corrected chi connectivity index (χ2v) is 5.40. The first-order valence-electron chi connectivity index (χ1n) is 6.74. The number of aliphatic hydroxyl groups is 1. The Morgan fingerprint density at radius 1 is 1.00 bits per heavy atom. The van der Waals surface area contributed by atoms with Crippen molar-refractivity contribution in [3.63, 3.8) is 0 Å². The zero-order valence-electron chi connectivity index (χ0n) is 10.0. The Kier molecular flexibility index (Phi) is 3.85. The summed E-state index contributed by atoms with van der Waals surface area (Å²) >= 11 is 0. The van der Waals surface area contributed by atoms with Gasteiger partial charge in [0.1, 0.15) is 5.60 Å². The summed E-state index contributed by atoms with van der Waals surface area (Å²) < 4.78 is 0. The molecule has 0 heterocycles. The summed E-state index contributed by atoms with van der Waals surface area (Å²) in [5, 5.41) is 13.4. The van der Waals surface area contributed by atoms with Crippen molar-refractivity contribution < 1.29 is 9.90 Å². The highest BCUT2D eigenvalue weighted by Gasteiger charge is 2.37. The van der Waals surface area contributed by atoms with E-state index in [2.05, 4.69) is 5.32 Å². The predicted octanol–water partition coefficient (Wildman–Crippen LogP) is 2.13. The average molecular weight is 225 g/mol. The minimum absolute atomic E-state index is 0.110. The van der Waals surface area contributed by atoms with Crippen LogP contribution in [0.25, 0.3) is 0 Å². The standard InChI is InChI=1S/C13H23NO2/c15-12(14-11-7-3-4-8-11)13(16)9-5-1-2-6-10-13/h11,16H,1-10H2,(H,14,15). The van der Waals surface area contributed by atoms with E-state index in [9.17, 15) is 9.90 Å². The lowest BCUT2D eigenvalue weighted by Crippen LogP contribution is -2.49. The monoisotopic (exact) mass is 225 g/mol. The molecule has 1 amide bonds. The van der Waals surface area contributed by atoms with Crippen LogP contribution in [-0.2, 0) is 4.79 Å². The molecule has 2 aliphatic rings. The minimum Gasteiger partial charge on any atom is -0.380 e. The molecule has 0 bridgehead atoms. The number of rotatable bonds is 2. The SMILES string of the molecule is O=C(NC1CCCC1)C1(O)CCCCCC1. The summed E-state index contributed by atoms with van der Waals surface area (Å²) in [6.07, 6.45) is 10.1. The third kappa shape index (κ3) is 2.76. The molecule has 2 rings (SSSR count). The number of carbonyl (C=O) groups is 1. The molecule has 3 nitrogen and oxygen atoms in total. The Morgan fingerprint density at radius 3 is 2.12 bits per heavy atom. The highest BCUT2D eigenvalue weighted by molar-refractivity contribution is 5.85. The molecule has 0 atom stereocenters. The van der Waals surface area contributed by atoms with Gasteiger partial charge in [0.2, 0.25) is 0 Å². The van der Waals surface area contributed by atoms with Gasteiger partial charge in [0.15, 0.2) is 0 Å². The molecule has 0 unspecified atom stereocenters. The van der Waals surface area contributed by atoms with Crippen LogP contribution in [0, 0.1) is 0 Å². The quantitative estimate of drug-likeness (QED) is 0.707. The van der Waals surface area contributed by atoms with Gasteiger partial charge in [0, 0.05) is 6.04 Å². The van der Waals surface area contributed by atoms with Gasteiger partial charge < -0.3 is 10.4 Å². The van der Waals surface area contributed by atoms with Gasteiger partial charge in [0.05, 0.1) is 0 Å². The van der Waals surface area contributed by atoms with Crippen molar-refractivity contribution in [3.05, 3.63) is 0 Å². The van der Waals surface area contributed by atoms with Gasteiger partial charge in [-0.25, -0.2) is 0 Å². The molecule has 2 N–H and O–H groups in total. The van der Waals surface area contributed by atoms with Crippen LogP contribution in [0.4, 0.5) is 0 Å². The van der Waals surface area contributed by atoms with Gasteiger partial charge in [0.25, 0.3) is 5.91 Å². The molecule has 0 radical (unpaired) electrons. The lowest BCUT2D eigenvalue weighted by Gasteiger charge is -2.27. The van der Waals surface area contributed by atoms with Crippen LogP contribution in [0.15, 0.2) is 0 Å². The molecule has 16 heavy (non-hydrogen) atoms. The molecule has 0 aromatic carbocycles. The average Bonchev–Trinajstić information content (AvgIpc) is 2.66. The van der Waals surface area contributed by atoms with Gasteiger partial charge in [-0.2, -0.15) is 0 Å². The molecule has 0 aliphatic heterocycles. The molecule has 2 saturated carbocycles. The zero-order chi connectivity index (χ0) is 11.4. The normalized spacial score (nSPS) is 26.3. The van der Waals surface area contributed by atoms with Crippen molar-refractivity contribution in [2.75, 3.05) is 0 Å². The number of hydrogen-bond donors (Lipinski definition) is 2. The maximum absolute atomic E-state index is 12.1. The highest BCUT2D eigenvalue weighted by atomic mass is 16.3. The molecule has 0 spiro atoms. The lowest BCUT2D eigenvalue weighted by molar-refractivity contribution is -0.141. The van der Waals surface area contributed by atoms with E-state index >= 15 is 0 Å². The van der Waals surface area contributed by atoms with E-state index in [1.165, 1.54) is 12.8 Å². The Hall–Kier alpha value is -0.570. The van der Waals surface area contributed by atoms with Crippen LogP contribution in [0.3, 0.4) is 0 Å². The number of nitrogens with one attached hydrogen (secondary N) is 1. The van der Waals surface area contributed by atoms with Crippen molar-refractivity contribution in [2.45, 2.75) is 75.9 Å². The summed E-state index contributed by atoms with van der Waals surface area (Å²) in [6, 6.07) is 0.319. The van der Waals surface area contributed by atoms with Crippen LogP contribution in [0.1, 0.15) is 64.2 Å². The minimum atomic E-state index is -1.07. The molecule has 3 heteroatoms. The molecule has 92 valence electrons. The van der Waals surface area contributed by atoms with Gasteiger partial charge in [-0.05, 0) is 25.7 Å². The maximum Gasteiger partial charge on any atom is 0.252 e. The Labute approximate surface area is 97.6 Å². The van der Waals surface area contributed by atoms with E-state index in [-0.39, 0.29) is 5.91 Å². The van der Waals surface area contributed by atoms with Crippen molar-refractivity contribution in [1.29, 1.82) is 0 Å². The smallest absolute Gasteiger partial charge is 0.252 e. The van der Waals surface area contributed by atoms with Gasteiger partial charge >= 0.3 is 0 Å². The fourth-order valence-electron chi connectivity index (χ4n) is 2.93. The summed E-state index contributed by atoms with van der Waals surface area (Å²) in [5.41, 5.74) is -1.07. The largest absolute Gasteiger partial charge is 0.380 e. The Bertz CT molecular complexity index is 238. The number of amides is 1. The topological polar surface area (TPSA) is 49.3 Å². The van der Waals surface area contributed by atoms with Crippen LogP contribution >= 0.6 is 0 Å². The third-order valence-electron chi connectivity index (χ3n) is 4.04. The van der Waals surface area contributed by atoms with Crippen LogP contribution in [0.2, 0.25) is 0 Å². The molecule has 2 aliphatic carbocycles. The fraction of sp³-hybridized carbons (Fsp3) is 0.923. The highest BCUT2D eigenvalue weighted by Crippen LogP contribution is 2.28. The first kappa shape index (κ1) is 11.9. The van der Waals surface area contributed by atoms with Crippen molar-refractivity contribution >= 4 is 5.91 Å². The Balaban J connectivity index is 1.90. The molecule has 0 aromatic heterocycles. The first-order valence-corrected chi connectivity index (χ1v) is 6.74. The van der Waals surface area contributed by atoms with E-state index in [1.807, 2.05) is 0 Å². The lowest BCUT2D eigenvalue weighted by atomic mass is 9.93. The van der Waals surface area contributed by atoms with E-state index in [0.717, 1.165) is 38.5 Å². The van der Waals surface area contributed by atoms with Crippen LogP contribution in [0.5, 0.6) is 0 Å². The summed E-state index contributed by atoms with van der Waals surface area (Å²) in [4.78, 5) is 12.1. The van der Waals surface area contributed by atoms with E-state index < -0.39 is 5.60 Å². The Morgan fingerprint density at radius 2 is 1.56 bits per heavy atom. The van der Waals surface area contributed by atoms with E-state index in [1.54, 1.807) is 0 Å². The number of carbonyl (C=O) groups excluding carboxylic acids is 1. The second kappa shape index (κ2) is 5.17. The van der Waals surface area contributed by atoms with Gasteiger partial charge in [-0.3, -0.25) is 4.79 Å². The maximum atomic E-state index is 12.1. The third-order valence-corrected chi connectivity index (χ3v) is 4.04. The second-order valence-electron chi connectivity index (χ2n) is 5.40. The fourth-order valence-corrected chi connectivity index (χ4v) is 2.93. The van der Waals surface area contributed by atoms with E-state index in [0.29, 0.717) is 18.9 Å². The van der Waals surface area contributed by atoms with Crippen molar-refractivity contribution in [3.8, 4) is 0 Å². The zero-order valence-corrected chi connectivity index (χ0v) is 10.0. The van der Waals surface area contributed by atoms with Crippen LogP contribution < -0.4 is 5.32 Å². The summed E-state index contributed by atoms with van der Waals surface area (Å²) in [6.45, 7) is 0. The molecule has 0 aromatic rings. The summed E-state index contributed by atoms with van der Waals surface area (Å²) in [5.74, 6) is -0.110. The van der Waals surface area contributed by atoms with E-state index in [4.69, 9.17) is 0 Å². The number of hydrogen-bond acceptors (Lipinski definition) is 2. The summed E-state index contributed by atoms with van der Waals surface area (Å²) in [7, 11) is 0. The molecular formula is C13H23NO2.